The second-order valence-electron chi connectivity index (χ2n) is 8.00. The number of carbonyl (C=O) groups is 3. The van der Waals surface area contributed by atoms with Crippen molar-refractivity contribution >= 4 is 23.5 Å². The lowest BCUT2D eigenvalue weighted by Crippen LogP contribution is -2.27. The van der Waals surface area contributed by atoms with Gasteiger partial charge in [0.15, 0.2) is 0 Å². The summed E-state index contributed by atoms with van der Waals surface area (Å²) in [6.07, 6.45) is 4.12. The molecule has 1 aromatic carbocycles. The molecule has 2 fully saturated rings. The van der Waals surface area contributed by atoms with Crippen LogP contribution in [0, 0.1) is 23.2 Å². The monoisotopic (exact) mass is 358 g/mol. The maximum absolute atomic E-state index is 12.3. The summed E-state index contributed by atoms with van der Waals surface area (Å²) in [5.74, 6) is -2.12. The van der Waals surface area contributed by atoms with Crippen molar-refractivity contribution in [3.05, 3.63) is 29.8 Å². The molecule has 2 atom stereocenters. The predicted molar refractivity (Wildman–Crippen MR) is 97.3 cm³/mol. The molecule has 6 heteroatoms. The highest BCUT2D eigenvalue weighted by molar-refractivity contribution is 5.93. The topological polar surface area (TPSA) is 95.5 Å². The minimum absolute atomic E-state index is 0.0627. The number of aliphatic carboxylic acids is 1. The molecule has 2 aliphatic carbocycles. The van der Waals surface area contributed by atoms with E-state index >= 15 is 0 Å². The quantitative estimate of drug-likeness (QED) is 0.729. The molecule has 3 N–H and O–H groups in total. The van der Waals surface area contributed by atoms with Crippen molar-refractivity contribution in [2.75, 3.05) is 5.32 Å². The van der Waals surface area contributed by atoms with Crippen LogP contribution in [0.5, 0.6) is 0 Å². The van der Waals surface area contributed by atoms with Gasteiger partial charge in [-0.1, -0.05) is 38.8 Å². The van der Waals surface area contributed by atoms with Gasteiger partial charge in [0.1, 0.15) is 0 Å². The van der Waals surface area contributed by atoms with Crippen LogP contribution in [0.2, 0.25) is 0 Å². The molecular weight excluding hydrogens is 332 g/mol. The van der Waals surface area contributed by atoms with Gasteiger partial charge in [0.05, 0.1) is 11.8 Å². The standard InChI is InChI=1S/C20H26N2O4/c1-20(2)15(16(20)19(25)26)18(24)21-11-12-6-5-9-14(10-12)22-17(23)13-7-3-4-8-13/h5-6,9-10,13,15-16H,3-4,7-8,11H2,1-2H3,(H,21,24)(H,22,23)(H,25,26)/t15-,16+/m1/s1. The highest BCUT2D eigenvalue weighted by Crippen LogP contribution is 2.58. The molecule has 0 unspecified atom stereocenters. The van der Waals surface area contributed by atoms with Crippen LogP contribution in [0.25, 0.3) is 0 Å². The predicted octanol–water partition coefficient (Wildman–Crippen LogP) is 2.79. The summed E-state index contributed by atoms with van der Waals surface area (Å²) >= 11 is 0. The molecule has 0 saturated heterocycles. The third-order valence-corrected chi connectivity index (χ3v) is 5.76. The van der Waals surface area contributed by atoms with Crippen molar-refractivity contribution in [3.63, 3.8) is 0 Å². The molecule has 0 bridgehead atoms. The molecule has 0 spiro atoms. The fourth-order valence-corrected chi connectivity index (χ4v) is 4.08. The van der Waals surface area contributed by atoms with E-state index in [4.69, 9.17) is 0 Å². The lowest BCUT2D eigenvalue weighted by atomic mass is 10.1. The first-order chi connectivity index (χ1) is 12.3. The van der Waals surface area contributed by atoms with Crippen LogP contribution in [0.15, 0.2) is 24.3 Å². The molecule has 2 saturated carbocycles. The van der Waals surface area contributed by atoms with Crippen molar-refractivity contribution < 1.29 is 19.5 Å². The van der Waals surface area contributed by atoms with Gasteiger partial charge in [-0.3, -0.25) is 14.4 Å². The second kappa shape index (κ2) is 7.09. The zero-order chi connectivity index (χ0) is 18.9. The zero-order valence-electron chi connectivity index (χ0n) is 15.2. The molecule has 3 rings (SSSR count). The second-order valence-corrected chi connectivity index (χ2v) is 8.00. The van der Waals surface area contributed by atoms with Gasteiger partial charge >= 0.3 is 5.97 Å². The van der Waals surface area contributed by atoms with Gasteiger partial charge in [-0.2, -0.15) is 0 Å². The number of amides is 2. The lowest BCUT2D eigenvalue weighted by Gasteiger charge is -2.12. The van der Waals surface area contributed by atoms with E-state index in [0.717, 1.165) is 36.9 Å². The summed E-state index contributed by atoms with van der Waals surface area (Å²) in [4.78, 5) is 35.7. The smallest absolute Gasteiger partial charge is 0.307 e. The third-order valence-electron chi connectivity index (χ3n) is 5.76. The molecule has 0 aromatic heterocycles. The Bertz CT molecular complexity index is 722. The number of rotatable bonds is 6. The molecular formula is C20H26N2O4. The van der Waals surface area contributed by atoms with E-state index in [0.29, 0.717) is 6.54 Å². The molecule has 140 valence electrons. The average Bonchev–Trinajstić information content (AvgIpc) is 2.96. The van der Waals surface area contributed by atoms with E-state index in [1.54, 1.807) is 13.8 Å². The molecule has 6 nitrogen and oxygen atoms in total. The Labute approximate surface area is 153 Å². The maximum atomic E-state index is 12.3. The van der Waals surface area contributed by atoms with Gasteiger partial charge in [-0.05, 0) is 36.0 Å². The Balaban J connectivity index is 1.55. The molecule has 0 heterocycles. The average molecular weight is 358 g/mol. The van der Waals surface area contributed by atoms with Gasteiger partial charge in [-0.15, -0.1) is 0 Å². The number of anilines is 1. The molecule has 0 radical (unpaired) electrons. The fourth-order valence-electron chi connectivity index (χ4n) is 4.08. The van der Waals surface area contributed by atoms with E-state index < -0.39 is 23.2 Å². The minimum atomic E-state index is -0.924. The van der Waals surface area contributed by atoms with Crippen LogP contribution >= 0.6 is 0 Å². The zero-order valence-corrected chi connectivity index (χ0v) is 15.2. The first kappa shape index (κ1) is 18.4. The number of nitrogens with one attached hydrogen (secondary N) is 2. The van der Waals surface area contributed by atoms with Gasteiger partial charge in [0.25, 0.3) is 0 Å². The highest BCUT2D eigenvalue weighted by atomic mass is 16.4. The van der Waals surface area contributed by atoms with Crippen molar-refractivity contribution in [2.45, 2.75) is 46.1 Å². The summed E-state index contributed by atoms with van der Waals surface area (Å²) < 4.78 is 0. The lowest BCUT2D eigenvalue weighted by molar-refractivity contribution is -0.140. The van der Waals surface area contributed by atoms with Gasteiger partial charge in [0.2, 0.25) is 11.8 Å². The molecule has 26 heavy (non-hydrogen) atoms. The Kier molecular flexibility index (Phi) is 5.03. The maximum Gasteiger partial charge on any atom is 0.307 e. The number of carboxylic acid groups (broad SMARTS) is 1. The highest BCUT2D eigenvalue weighted by Gasteiger charge is 2.65. The van der Waals surface area contributed by atoms with Crippen molar-refractivity contribution in [3.8, 4) is 0 Å². The molecule has 1 aromatic rings. The Morgan fingerprint density at radius 3 is 2.42 bits per heavy atom. The Hall–Kier alpha value is -2.37. The summed E-state index contributed by atoms with van der Waals surface area (Å²) in [5, 5.41) is 15.0. The van der Waals surface area contributed by atoms with Crippen LogP contribution in [-0.2, 0) is 20.9 Å². The third kappa shape index (κ3) is 3.74. The fraction of sp³-hybridized carbons (Fsp3) is 0.550. The number of benzene rings is 1. The van der Waals surface area contributed by atoms with E-state index in [-0.39, 0.29) is 17.7 Å². The van der Waals surface area contributed by atoms with Crippen LogP contribution in [0.4, 0.5) is 5.69 Å². The summed E-state index contributed by atoms with van der Waals surface area (Å²) in [6.45, 7) is 3.91. The van der Waals surface area contributed by atoms with E-state index in [9.17, 15) is 19.5 Å². The number of carboxylic acids is 1. The Morgan fingerprint density at radius 1 is 1.12 bits per heavy atom. The first-order valence-corrected chi connectivity index (χ1v) is 9.21. The van der Waals surface area contributed by atoms with Gasteiger partial charge in [-0.25, -0.2) is 0 Å². The summed E-state index contributed by atoms with van der Waals surface area (Å²) in [5.41, 5.74) is 1.09. The SMILES string of the molecule is CC1(C)[C@H](C(=O)O)[C@@H]1C(=O)NCc1cccc(NC(=O)C2CCCC2)c1. The normalized spacial score (nSPS) is 24.1. The van der Waals surface area contributed by atoms with E-state index in [2.05, 4.69) is 10.6 Å². The van der Waals surface area contributed by atoms with Crippen molar-refractivity contribution in [1.82, 2.24) is 5.32 Å². The Morgan fingerprint density at radius 2 is 1.81 bits per heavy atom. The molecule has 2 amide bonds. The van der Waals surface area contributed by atoms with Crippen LogP contribution in [0.1, 0.15) is 45.1 Å². The van der Waals surface area contributed by atoms with Crippen LogP contribution in [0.3, 0.4) is 0 Å². The van der Waals surface area contributed by atoms with E-state index in [1.165, 1.54) is 0 Å². The van der Waals surface area contributed by atoms with Crippen LogP contribution < -0.4 is 10.6 Å². The molecule has 0 aliphatic heterocycles. The van der Waals surface area contributed by atoms with Gasteiger partial charge < -0.3 is 15.7 Å². The minimum Gasteiger partial charge on any atom is -0.481 e. The number of carbonyl (C=O) groups excluding carboxylic acids is 2. The number of hydrogen-bond acceptors (Lipinski definition) is 3. The first-order valence-electron chi connectivity index (χ1n) is 9.21. The van der Waals surface area contributed by atoms with Gasteiger partial charge in [0, 0.05) is 18.2 Å². The van der Waals surface area contributed by atoms with Crippen LogP contribution in [-0.4, -0.2) is 22.9 Å². The van der Waals surface area contributed by atoms with Crippen molar-refractivity contribution in [2.24, 2.45) is 23.2 Å². The van der Waals surface area contributed by atoms with Crippen molar-refractivity contribution in [1.29, 1.82) is 0 Å². The summed E-state index contributed by atoms with van der Waals surface area (Å²) in [7, 11) is 0. The van der Waals surface area contributed by atoms with E-state index in [1.807, 2.05) is 24.3 Å². The number of hydrogen-bond donors (Lipinski definition) is 3. The molecule has 2 aliphatic rings. The summed E-state index contributed by atoms with van der Waals surface area (Å²) in [6, 6.07) is 7.40. The largest absolute Gasteiger partial charge is 0.481 e.